The Balaban J connectivity index is 2.39. The Labute approximate surface area is 145 Å². The maximum absolute atomic E-state index is 12.6. The molecule has 1 aromatic heterocycles. The van der Waals surface area contributed by atoms with E-state index in [9.17, 15) is 4.79 Å². The van der Waals surface area contributed by atoms with Gasteiger partial charge in [-0.15, -0.1) is 0 Å². The first kappa shape index (κ1) is 15.3. The van der Waals surface area contributed by atoms with Gasteiger partial charge < -0.3 is 4.57 Å². The summed E-state index contributed by atoms with van der Waals surface area (Å²) in [5.41, 5.74) is 3.69. The van der Waals surface area contributed by atoms with E-state index in [-0.39, 0.29) is 5.43 Å². The first-order valence-electron chi connectivity index (χ1n) is 6.80. The van der Waals surface area contributed by atoms with Crippen LogP contribution in [0.2, 0.25) is 0 Å². The van der Waals surface area contributed by atoms with Crippen molar-refractivity contribution in [2.24, 2.45) is 7.05 Å². The Hall–Kier alpha value is -1.65. The molecule has 3 rings (SSSR count). The molecular formula is C18H13Br2NO. The lowest BCUT2D eigenvalue weighted by molar-refractivity contribution is 0.909. The smallest absolute Gasteiger partial charge is 0.211 e. The van der Waals surface area contributed by atoms with Crippen molar-refractivity contribution in [2.45, 2.75) is 0 Å². The van der Waals surface area contributed by atoms with Crippen molar-refractivity contribution in [3.8, 4) is 22.5 Å². The topological polar surface area (TPSA) is 22.0 Å². The Morgan fingerprint density at radius 1 is 0.727 bits per heavy atom. The zero-order valence-electron chi connectivity index (χ0n) is 11.9. The van der Waals surface area contributed by atoms with Crippen LogP contribution < -0.4 is 5.43 Å². The molecule has 0 aliphatic rings. The molecule has 0 unspecified atom stereocenters. The van der Waals surface area contributed by atoms with E-state index in [4.69, 9.17) is 0 Å². The minimum atomic E-state index is -0.0455. The summed E-state index contributed by atoms with van der Waals surface area (Å²) in [5, 5.41) is 0. The second kappa shape index (κ2) is 6.23. The highest BCUT2D eigenvalue weighted by atomic mass is 79.9. The number of hydrogen-bond acceptors (Lipinski definition) is 1. The van der Waals surface area contributed by atoms with E-state index < -0.39 is 0 Å². The van der Waals surface area contributed by atoms with Crippen molar-refractivity contribution >= 4 is 31.9 Å². The van der Waals surface area contributed by atoms with Crippen LogP contribution in [0.1, 0.15) is 0 Å². The zero-order valence-corrected chi connectivity index (χ0v) is 15.1. The summed E-state index contributed by atoms with van der Waals surface area (Å²) in [4.78, 5) is 12.6. The van der Waals surface area contributed by atoms with E-state index in [1.807, 2.05) is 72.3 Å². The number of pyridine rings is 1. The molecule has 0 bridgehead atoms. The minimum Gasteiger partial charge on any atom is -0.342 e. The van der Waals surface area contributed by atoms with Crippen LogP contribution in [0.5, 0.6) is 0 Å². The third kappa shape index (κ3) is 2.57. The number of benzene rings is 2. The van der Waals surface area contributed by atoms with Crippen molar-refractivity contribution in [1.29, 1.82) is 0 Å². The van der Waals surface area contributed by atoms with Gasteiger partial charge in [0, 0.05) is 7.05 Å². The van der Waals surface area contributed by atoms with Crippen molar-refractivity contribution in [3.63, 3.8) is 0 Å². The molecule has 1 heterocycles. The molecule has 0 N–H and O–H groups in total. The fraction of sp³-hybridized carbons (Fsp3) is 0.0556. The quantitative estimate of drug-likeness (QED) is 0.557. The predicted octanol–water partition coefficient (Wildman–Crippen LogP) is 5.24. The third-order valence-corrected chi connectivity index (χ3v) is 5.05. The monoisotopic (exact) mass is 417 g/mol. The summed E-state index contributed by atoms with van der Waals surface area (Å²) in [7, 11) is 1.97. The molecule has 22 heavy (non-hydrogen) atoms. The largest absolute Gasteiger partial charge is 0.342 e. The lowest BCUT2D eigenvalue weighted by Gasteiger charge is -2.18. The van der Waals surface area contributed by atoms with Crippen LogP contribution in [0.25, 0.3) is 22.5 Å². The lowest BCUT2D eigenvalue weighted by atomic mass is 10.1. The normalized spacial score (nSPS) is 10.7. The van der Waals surface area contributed by atoms with E-state index in [1.165, 1.54) is 0 Å². The lowest BCUT2D eigenvalue weighted by Crippen LogP contribution is -2.14. The second-order valence-corrected chi connectivity index (χ2v) is 6.53. The average Bonchev–Trinajstić information content (AvgIpc) is 2.55. The zero-order chi connectivity index (χ0) is 15.7. The molecule has 0 aliphatic carbocycles. The van der Waals surface area contributed by atoms with Gasteiger partial charge >= 0.3 is 0 Å². The van der Waals surface area contributed by atoms with E-state index >= 15 is 0 Å². The molecule has 0 radical (unpaired) electrons. The van der Waals surface area contributed by atoms with Crippen LogP contribution in [-0.4, -0.2) is 4.57 Å². The van der Waals surface area contributed by atoms with Gasteiger partial charge in [0.25, 0.3) is 0 Å². The molecule has 0 fully saturated rings. The number of hydrogen-bond donors (Lipinski definition) is 0. The summed E-state index contributed by atoms with van der Waals surface area (Å²) in [5.74, 6) is 0. The highest BCUT2D eigenvalue weighted by molar-refractivity contribution is 9.11. The van der Waals surface area contributed by atoms with Gasteiger partial charge in [-0.3, -0.25) is 4.79 Å². The first-order chi connectivity index (χ1) is 10.6. The summed E-state index contributed by atoms with van der Waals surface area (Å²) in [6.07, 6.45) is 0. The van der Waals surface area contributed by atoms with Gasteiger partial charge in [-0.25, -0.2) is 0 Å². The Morgan fingerprint density at radius 2 is 1.09 bits per heavy atom. The Morgan fingerprint density at radius 3 is 1.45 bits per heavy atom. The molecule has 0 spiro atoms. The van der Waals surface area contributed by atoms with Crippen LogP contribution >= 0.6 is 31.9 Å². The summed E-state index contributed by atoms with van der Waals surface area (Å²) < 4.78 is 3.17. The molecule has 0 saturated carbocycles. The van der Waals surface area contributed by atoms with E-state index in [1.54, 1.807) is 0 Å². The molecule has 3 aromatic rings. The SMILES string of the molecule is Cn1c(-c2ccccc2)c(Br)c(=O)c(Br)c1-c1ccccc1. The minimum absolute atomic E-state index is 0.0455. The number of nitrogens with zero attached hydrogens (tertiary/aromatic N) is 1. The number of aromatic nitrogens is 1. The van der Waals surface area contributed by atoms with Gasteiger partial charge in [-0.05, 0) is 43.0 Å². The Kier molecular flexibility index (Phi) is 4.32. The van der Waals surface area contributed by atoms with Crippen LogP contribution in [0, 0.1) is 0 Å². The molecule has 0 atom stereocenters. The highest BCUT2D eigenvalue weighted by Crippen LogP contribution is 2.33. The third-order valence-electron chi connectivity index (χ3n) is 3.58. The molecule has 2 aromatic carbocycles. The summed E-state index contributed by atoms with van der Waals surface area (Å²) in [6.45, 7) is 0. The summed E-state index contributed by atoms with van der Waals surface area (Å²) >= 11 is 6.92. The number of rotatable bonds is 2. The van der Waals surface area contributed by atoms with Crippen LogP contribution in [0.4, 0.5) is 0 Å². The molecule has 0 saturated heterocycles. The maximum atomic E-state index is 12.6. The fourth-order valence-corrected chi connectivity index (χ4v) is 4.20. The number of halogens is 2. The van der Waals surface area contributed by atoms with Gasteiger partial charge in [-0.2, -0.15) is 0 Å². The van der Waals surface area contributed by atoms with Crippen molar-refractivity contribution in [1.82, 2.24) is 4.57 Å². The molecule has 2 nitrogen and oxygen atoms in total. The molecule has 0 amide bonds. The molecule has 110 valence electrons. The van der Waals surface area contributed by atoms with E-state index in [0.29, 0.717) is 8.95 Å². The van der Waals surface area contributed by atoms with E-state index in [0.717, 1.165) is 22.5 Å². The van der Waals surface area contributed by atoms with Crippen molar-refractivity contribution in [3.05, 3.63) is 79.8 Å². The predicted molar refractivity (Wildman–Crippen MR) is 98.0 cm³/mol. The van der Waals surface area contributed by atoms with E-state index in [2.05, 4.69) is 31.9 Å². The summed E-state index contributed by atoms with van der Waals surface area (Å²) in [6, 6.07) is 19.8. The maximum Gasteiger partial charge on any atom is 0.211 e. The van der Waals surface area contributed by atoms with Gasteiger partial charge in [0.2, 0.25) is 5.43 Å². The fourth-order valence-electron chi connectivity index (χ4n) is 2.55. The van der Waals surface area contributed by atoms with Gasteiger partial charge in [0.1, 0.15) is 0 Å². The average molecular weight is 419 g/mol. The molecule has 4 heteroatoms. The van der Waals surface area contributed by atoms with Gasteiger partial charge in [0.15, 0.2) is 0 Å². The van der Waals surface area contributed by atoms with Crippen molar-refractivity contribution in [2.75, 3.05) is 0 Å². The van der Waals surface area contributed by atoms with Gasteiger partial charge in [-0.1, -0.05) is 60.7 Å². The van der Waals surface area contributed by atoms with Crippen LogP contribution in [-0.2, 0) is 7.05 Å². The van der Waals surface area contributed by atoms with Crippen LogP contribution in [0.3, 0.4) is 0 Å². The standard InChI is InChI=1S/C18H13Br2NO/c1-21-16(12-8-4-2-5-9-12)14(19)18(22)15(20)17(21)13-10-6-3-7-11-13/h2-11H,1H3. The highest BCUT2D eigenvalue weighted by Gasteiger charge is 2.19. The van der Waals surface area contributed by atoms with Gasteiger partial charge in [0.05, 0.1) is 20.3 Å². The van der Waals surface area contributed by atoms with Crippen molar-refractivity contribution < 1.29 is 0 Å². The second-order valence-electron chi connectivity index (χ2n) is 4.95. The first-order valence-corrected chi connectivity index (χ1v) is 8.38. The molecular weight excluding hydrogens is 406 g/mol. The molecule has 0 aliphatic heterocycles. The van der Waals surface area contributed by atoms with Crippen LogP contribution in [0.15, 0.2) is 74.4 Å². The Bertz CT molecular complexity index is 801.